The van der Waals surface area contributed by atoms with Crippen molar-refractivity contribution in [2.24, 2.45) is 0 Å². The number of aliphatic hydroxyl groups excluding tert-OH is 1. The third-order valence-electron chi connectivity index (χ3n) is 3.83. The van der Waals surface area contributed by atoms with E-state index in [4.69, 9.17) is 4.74 Å². The minimum absolute atomic E-state index is 0.00167. The van der Waals surface area contributed by atoms with Crippen molar-refractivity contribution in [3.63, 3.8) is 0 Å². The van der Waals surface area contributed by atoms with Crippen LogP contribution in [0.25, 0.3) is 0 Å². The quantitative estimate of drug-likeness (QED) is 0.802. The Bertz CT molecular complexity index is 865. The largest absolute Gasteiger partial charge is 0.497 e. The van der Waals surface area contributed by atoms with Crippen molar-refractivity contribution in [3.8, 4) is 5.75 Å². The number of aliphatic hydroxyl groups is 1. The summed E-state index contributed by atoms with van der Waals surface area (Å²) >= 11 is 0. The number of amides is 2. The van der Waals surface area contributed by atoms with Gasteiger partial charge < -0.3 is 14.7 Å². The lowest BCUT2D eigenvalue weighted by atomic mass is 10.1. The number of carbonyl (C=O) groups is 1. The smallest absolute Gasteiger partial charge is 0.331 e. The summed E-state index contributed by atoms with van der Waals surface area (Å²) < 4.78 is 31.6. The maximum Gasteiger partial charge on any atom is 0.331 e. The van der Waals surface area contributed by atoms with E-state index >= 15 is 0 Å². The molecule has 2 amide bonds. The van der Waals surface area contributed by atoms with Gasteiger partial charge in [0.05, 0.1) is 24.7 Å². The lowest BCUT2D eigenvalue weighted by Gasteiger charge is -2.21. The first-order chi connectivity index (χ1) is 12.2. The first-order valence-electron chi connectivity index (χ1n) is 7.89. The number of carbonyl (C=O) groups excluding carboxylic acids is 1. The Balaban J connectivity index is 2.03. The van der Waals surface area contributed by atoms with Gasteiger partial charge in [-0.3, -0.25) is 0 Å². The molecule has 0 aromatic heterocycles. The second kappa shape index (κ2) is 8.20. The van der Waals surface area contributed by atoms with Crippen LogP contribution in [0.2, 0.25) is 0 Å². The van der Waals surface area contributed by atoms with Gasteiger partial charge in [-0.15, -0.1) is 0 Å². The maximum atomic E-state index is 12.3. The van der Waals surface area contributed by atoms with E-state index in [-0.39, 0.29) is 11.4 Å². The molecule has 26 heavy (non-hydrogen) atoms. The number of benzene rings is 2. The van der Waals surface area contributed by atoms with Crippen LogP contribution in [0.5, 0.6) is 5.75 Å². The number of nitrogens with one attached hydrogen (secondary N) is 1. The predicted octanol–water partition coefficient (Wildman–Crippen LogP) is 2.07. The molecule has 0 saturated carbocycles. The normalized spacial score (nSPS) is 12.3. The third kappa shape index (κ3) is 4.96. The molecule has 140 valence electrons. The fourth-order valence-electron chi connectivity index (χ4n) is 2.27. The molecule has 0 aliphatic heterocycles. The minimum Gasteiger partial charge on any atom is -0.497 e. The van der Waals surface area contributed by atoms with Crippen LogP contribution < -0.4 is 9.46 Å². The zero-order valence-corrected chi connectivity index (χ0v) is 15.7. The summed E-state index contributed by atoms with van der Waals surface area (Å²) in [7, 11) is -1.05. The average molecular weight is 378 g/mol. The van der Waals surface area contributed by atoms with Gasteiger partial charge in [-0.25, -0.2) is 17.9 Å². The van der Waals surface area contributed by atoms with Crippen LogP contribution in [-0.4, -0.2) is 45.2 Å². The Morgan fingerprint density at radius 3 is 2.50 bits per heavy atom. The van der Waals surface area contributed by atoms with Gasteiger partial charge in [-0.05, 0) is 36.8 Å². The number of urea groups is 1. The summed E-state index contributed by atoms with van der Waals surface area (Å²) in [5.41, 5.74) is 1.47. The van der Waals surface area contributed by atoms with Gasteiger partial charge in [0.1, 0.15) is 5.75 Å². The molecule has 0 saturated heterocycles. The second-order valence-electron chi connectivity index (χ2n) is 5.90. The van der Waals surface area contributed by atoms with Crippen LogP contribution in [0.3, 0.4) is 0 Å². The van der Waals surface area contributed by atoms with Gasteiger partial charge in [0.15, 0.2) is 0 Å². The van der Waals surface area contributed by atoms with Gasteiger partial charge in [0.25, 0.3) is 10.0 Å². The number of aryl methyl sites for hydroxylation is 1. The van der Waals surface area contributed by atoms with Crippen molar-refractivity contribution in [1.82, 2.24) is 9.62 Å². The van der Waals surface area contributed by atoms with Crippen LogP contribution in [0.15, 0.2) is 53.4 Å². The van der Waals surface area contributed by atoms with Crippen LogP contribution in [0.4, 0.5) is 4.79 Å². The Labute approximate surface area is 153 Å². The number of hydrogen-bond acceptors (Lipinski definition) is 5. The van der Waals surface area contributed by atoms with Gasteiger partial charge >= 0.3 is 6.03 Å². The van der Waals surface area contributed by atoms with Crippen molar-refractivity contribution in [1.29, 1.82) is 0 Å². The molecule has 1 unspecified atom stereocenters. The molecule has 0 aliphatic rings. The van der Waals surface area contributed by atoms with Crippen LogP contribution in [0.1, 0.15) is 17.2 Å². The molecule has 2 N–H and O–H groups in total. The van der Waals surface area contributed by atoms with Crippen molar-refractivity contribution >= 4 is 16.1 Å². The van der Waals surface area contributed by atoms with E-state index in [0.717, 1.165) is 10.5 Å². The summed E-state index contributed by atoms with van der Waals surface area (Å²) in [6.45, 7) is 1.76. The van der Waals surface area contributed by atoms with Crippen LogP contribution in [-0.2, 0) is 10.0 Å². The molecule has 0 aliphatic carbocycles. The van der Waals surface area contributed by atoms with E-state index in [9.17, 15) is 18.3 Å². The Kier molecular flexibility index (Phi) is 6.23. The lowest BCUT2D eigenvalue weighted by Crippen LogP contribution is -2.42. The molecule has 0 heterocycles. The second-order valence-corrected chi connectivity index (χ2v) is 7.58. The fraction of sp³-hybridized carbons (Fsp3) is 0.278. The molecule has 2 rings (SSSR count). The van der Waals surface area contributed by atoms with Gasteiger partial charge in [-0.2, -0.15) is 0 Å². The van der Waals surface area contributed by atoms with Crippen molar-refractivity contribution in [3.05, 3.63) is 59.7 Å². The van der Waals surface area contributed by atoms with E-state index in [1.165, 1.54) is 26.3 Å². The van der Waals surface area contributed by atoms with Crippen molar-refractivity contribution in [2.75, 3.05) is 20.7 Å². The minimum atomic E-state index is -3.98. The molecule has 0 fully saturated rings. The molecule has 0 bridgehead atoms. The zero-order valence-electron chi connectivity index (χ0n) is 14.8. The number of likely N-dealkylation sites (N-methyl/N-ethyl adjacent to an activating group) is 1. The van der Waals surface area contributed by atoms with E-state index in [0.29, 0.717) is 11.3 Å². The van der Waals surface area contributed by atoms with Crippen molar-refractivity contribution in [2.45, 2.75) is 17.9 Å². The molecule has 1 atom stereocenters. The molecule has 8 heteroatoms. The van der Waals surface area contributed by atoms with Crippen LogP contribution >= 0.6 is 0 Å². The number of sulfonamides is 1. The zero-order chi connectivity index (χ0) is 19.3. The van der Waals surface area contributed by atoms with Crippen LogP contribution in [0, 0.1) is 6.92 Å². The molecular weight excluding hydrogens is 356 g/mol. The monoisotopic (exact) mass is 378 g/mol. The third-order valence-corrected chi connectivity index (χ3v) is 5.16. The molecular formula is C18H22N2O5S. The van der Waals surface area contributed by atoms with Gasteiger partial charge in [-0.1, -0.05) is 29.8 Å². The highest BCUT2D eigenvalue weighted by atomic mass is 32.2. The van der Waals surface area contributed by atoms with E-state index in [1.54, 1.807) is 36.4 Å². The number of methoxy groups -OCH3 is 1. The first-order valence-corrected chi connectivity index (χ1v) is 9.38. The maximum absolute atomic E-state index is 12.3. The summed E-state index contributed by atoms with van der Waals surface area (Å²) in [5.74, 6) is 0.579. The molecule has 2 aromatic rings. The van der Waals surface area contributed by atoms with Gasteiger partial charge in [0, 0.05) is 7.05 Å². The topological polar surface area (TPSA) is 95.9 Å². The highest BCUT2D eigenvalue weighted by molar-refractivity contribution is 7.90. The lowest BCUT2D eigenvalue weighted by molar-refractivity contribution is 0.133. The SMILES string of the molecule is COc1cccc(C(O)CN(C)C(=O)NS(=O)(=O)c2ccc(C)cc2)c1. The Morgan fingerprint density at radius 2 is 1.88 bits per heavy atom. The summed E-state index contributed by atoms with van der Waals surface area (Å²) in [5, 5.41) is 10.3. The number of ether oxygens (including phenoxy) is 1. The van der Waals surface area contributed by atoms with Gasteiger partial charge in [0.2, 0.25) is 0 Å². The highest BCUT2D eigenvalue weighted by Crippen LogP contribution is 2.20. The average Bonchev–Trinajstić information content (AvgIpc) is 2.61. The van der Waals surface area contributed by atoms with Crippen molar-refractivity contribution < 1.29 is 23.1 Å². The predicted molar refractivity (Wildman–Crippen MR) is 97.5 cm³/mol. The summed E-state index contributed by atoms with van der Waals surface area (Å²) in [6.07, 6.45) is -0.983. The molecule has 7 nitrogen and oxygen atoms in total. The molecule has 0 spiro atoms. The standard InChI is InChI=1S/C18H22N2O5S/c1-13-7-9-16(10-8-13)26(23,24)19-18(22)20(2)12-17(21)14-5-4-6-15(11-14)25-3/h4-11,17,21H,12H2,1-3H3,(H,19,22). The van der Waals surface area contributed by atoms with E-state index < -0.39 is 22.2 Å². The van der Waals surface area contributed by atoms with E-state index in [1.807, 2.05) is 11.6 Å². The Hall–Kier alpha value is -2.58. The number of rotatable bonds is 6. The Morgan fingerprint density at radius 1 is 1.23 bits per heavy atom. The first kappa shape index (κ1) is 19.7. The van der Waals surface area contributed by atoms with E-state index in [2.05, 4.69) is 0 Å². The summed E-state index contributed by atoms with van der Waals surface area (Å²) in [6, 6.07) is 12.1. The fourth-order valence-corrected chi connectivity index (χ4v) is 3.26. The number of nitrogens with zero attached hydrogens (tertiary/aromatic N) is 1. The number of hydrogen-bond donors (Lipinski definition) is 2. The molecule has 2 aromatic carbocycles. The molecule has 0 radical (unpaired) electrons. The summed E-state index contributed by atoms with van der Waals surface area (Å²) in [4.78, 5) is 13.3. The highest BCUT2D eigenvalue weighted by Gasteiger charge is 2.22.